The van der Waals surface area contributed by atoms with Crippen molar-refractivity contribution in [2.45, 2.75) is 20.0 Å². The minimum Gasteiger partial charge on any atom is -0.166 e. The topological polar surface area (TPSA) is 0 Å². The summed E-state index contributed by atoms with van der Waals surface area (Å²) in [5, 5.41) is 1.81. The number of rotatable bonds is 3. The van der Waals surface area contributed by atoms with Crippen molar-refractivity contribution in [3.63, 3.8) is 0 Å². The van der Waals surface area contributed by atoms with Gasteiger partial charge >= 0.3 is 6.18 Å². The van der Waals surface area contributed by atoms with Crippen LogP contribution in [0.1, 0.15) is 16.7 Å². The predicted molar refractivity (Wildman–Crippen MR) is 107 cm³/mol. The van der Waals surface area contributed by atoms with Gasteiger partial charge in [-0.2, -0.15) is 13.2 Å². The van der Waals surface area contributed by atoms with Gasteiger partial charge in [0, 0.05) is 11.3 Å². The molecule has 0 amide bonds. The standard InChI is InChI=1S/C21H18F3PS/c1-15-9-3-6-12-18(15)25(26,19-13-7-4-10-16(19)2)20-14-8-5-11-17(20)21(22,23)24/h3-14H,1-2H3. The molecule has 0 fully saturated rings. The zero-order valence-corrected chi connectivity index (χ0v) is 16.1. The first-order chi connectivity index (χ1) is 12.3. The second-order valence-corrected chi connectivity index (χ2v) is 10.5. The molecule has 0 aliphatic carbocycles. The van der Waals surface area contributed by atoms with Crippen LogP contribution in [0.4, 0.5) is 13.2 Å². The molecule has 0 spiro atoms. The predicted octanol–water partition coefficient (Wildman–Crippen LogP) is 5.08. The minimum absolute atomic E-state index is 0.200. The Morgan fingerprint density at radius 2 is 1.04 bits per heavy atom. The van der Waals surface area contributed by atoms with E-state index in [1.54, 1.807) is 12.1 Å². The van der Waals surface area contributed by atoms with Crippen LogP contribution in [0, 0.1) is 13.8 Å². The van der Waals surface area contributed by atoms with E-state index in [9.17, 15) is 13.2 Å². The molecule has 0 N–H and O–H groups in total. The van der Waals surface area contributed by atoms with Gasteiger partial charge in [-0.05, 0) is 41.6 Å². The van der Waals surface area contributed by atoms with Crippen molar-refractivity contribution in [3.8, 4) is 0 Å². The third-order valence-corrected chi connectivity index (χ3v) is 9.66. The van der Waals surface area contributed by atoms with Crippen LogP contribution in [0.25, 0.3) is 0 Å². The lowest BCUT2D eigenvalue weighted by atomic mass is 10.2. The Morgan fingerprint density at radius 1 is 0.654 bits per heavy atom. The van der Waals surface area contributed by atoms with Crippen LogP contribution in [-0.4, -0.2) is 0 Å². The molecule has 0 unspecified atom stereocenters. The molecule has 3 aromatic carbocycles. The Bertz CT molecular complexity index is 943. The average Bonchev–Trinajstić information content (AvgIpc) is 2.61. The largest absolute Gasteiger partial charge is 0.417 e. The van der Waals surface area contributed by atoms with Gasteiger partial charge in [0.2, 0.25) is 0 Å². The number of hydrogen-bond acceptors (Lipinski definition) is 1. The fourth-order valence-corrected chi connectivity index (χ4v) is 8.27. The van der Waals surface area contributed by atoms with E-state index in [0.29, 0.717) is 0 Å². The number of hydrogen-bond donors (Lipinski definition) is 0. The normalized spacial score (nSPS) is 12.2. The second-order valence-electron chi connectivity index (χ2n) is 6.20. The maximum absolute atomic E-state index is 13.8. The first-order valence-electron chi connectivity index (χ1n) is 8.15. The van der Waals surface area contributed by atoms with Gasteiger partial charge in [0.1, 0.15) is 0 Å². The molecule has 26 heavy (non-hydrogen) atoms. The van der Waals surface area contributed by atoms with E-state index in [-0.39, 0.29) is 5.30 Å². The van der Waals surface area contributed by atoms with Crippen molar-refractivity contribution in [1.29, 1.82) is 0 Å². The first-order valence-corrected chi connectivity index (χ1v) is 11.0. The molecule has 0 aromatic heterocycles. The molecule has 0 saturated carbocycles. The lowest BCUT2D eigenvalue weighted by Crippen LogP contribution is -2.32. The molecule has 0 nitrogen and oxygen atoms in total. The highest BCUT2D eigenvalue weighted by Gasteiger charge is 2.39. The molecule has 0 radical (unpaired) electrons. The fraction of sp³-hybridized carbons (Fsp3) is 0.143. The van der Waals surface area contributed by atoms with Crippen molar-refractivity contribution >= 4 is 33.8 Å². The lowest BCUT2D eigenvalue weighted by molar-refractivity contribution is -0.136. The van der Waals surface area contributed by atoms with Gasteiger partial charge in [-0.1, -0.05) is 78.5 Å². The van der Waals surface area contributed by atoms with Gasteiger partial charge in [0.05, 0.1) is 5.56 Å². The minimum atomic E-state index is -4.45. The summed E-state index contributed by atoms with van der Waals surface area (Å²) in [5.41, 5.74) is 1.18. The van der Waals surface area contributed by atoms with Gasteiger partial charge in [-0.25, -0.2) is 0 Å². The van der Waals surface area contributed by atoms with E-state index in [2.05, 4.69) is 0 Å². The Kier molecular flexibility index (Phi) is 5.09. The highest BCUT2D eigenvalue weighted by Crippen LogP contribution is 2.47. The molecule has 0 bridgehead atoms. The maximum Gasteiger partial charge on any atom is 0.417 e. The monoisotopic (exact) mass is 390 g/mol. The van der Waals surface area contributed by atoms with E-state index in [4.69, 9.17) is 11.8 Å². The molecule has 3 rings (SSSR count). The Morgan fingerprint density at radius 3 is 1.46 bits per heavy atom. The Hall–Kier alpha value is -1.90. The van der Waals surface area contributed by atoms with Gasteiger partial charge in [-0.3, -0.25) is 0 Å². The molecular formula is C21H18F3PS. The van der Waals surface area contributed by atoms with E-state index >= 15 is 0 Å². The third kappa shape index (κ3) is 3.24. The summed E-state index contributed by atoms with van der Waals surface area (Å²) in [5.74, 6) is 0. The number of alkyl halides is 3. The molecule has 134 valence electrons. The Balaban J connectivity index is 2.45. The van der Waals surface area contributed by atoms with Crippen molar-refractivity contribution in [1.82, 2.24) is 0 Å². The van der Waals surface area contributed by atoms with Crippen molar-refractivity contribution in [2.75, 3.05) is 0 Å². The first kappa shape index (κ1) is 18.9. The fourth-order valence-electron chi connectivity index (χ4n) is 3.21. The van der Waals surface area contributed by atoms with Crippen molar-refractivity contribution in [3.05, 3.63) is 89.5 Å². The maximum atomic E-state index is 13.8. The van der Waals surface area contributed by atoms with E-state index in [1.807, 2.05) is 62.4 Å². The highest BCUT2D eigenvalue weighted by atomic mass is 32.4. The molecule has 0 saturated heterocycles. The summed E-state index contributed by atoms with van der Waals surface area (Å²) in [7, 11) is 0. The molecule has 0 aliphatic heterocycles. The number of aryl methyl sites for hydroxylation is 2. The summed E-state index contributed by atoms with van der Waals surface area (Å²) >= 11 is 6.14. The van der Waals surface area contributed by atoms with Crippen molar-refractivity contribution < 1.29 is 13.2 Å². The molecule has 0 heterocycles. The molecular weight excluding hydrogens is 372 g/mol. The van der Waals surface area contributed by atoms with Crippen LogP contribution in [0.2, 0.25) is 0 Å². The SMILES string of the molecule is Cc1ccccc1P(=S)(c1ccccc1C)c1ccccc1C(F)(F)F. The van der Waals surface area contributed by atoms with Crippen LogP contribution in [0.5, 0.6) is 0 Å². The van der Waals surface area contributed by atoms with E-state index in [0.717, 1.165) is 27.8 Å². The molecule has 3 aromatic rings. The van der Waals surface area contributed by atoms with Crippen LogP contribution in [0.15, 0.2) is 72.8 Å². The molecule has 5 heteroatoms. The second kappa shape index (κ2) is 7.02. The van der Waals surface area contributed by atoms with Gasteiger partial charge in [-0.15, -0.1) is 0 Å². The Labute approximate surface area is 156 Å². The molecule has 0 aliphatic rings. The van der Waals surface area contributed by atoms with Gasteiger partial charge in [0.25, 0.3) is 0 Å². The average molecular weight is 390 g/mol. The zero-order valence-electron chi connectivity index (χ0n) is 14.4. The third-order valence-electron chi connectivity index (χ3n) is 4.46. The van der Waals surface area contributed by atoms with Crippen LogP contribution in [0.3, 0.4) is 0 Å². The van der Waals surface area contributed by atoms with Crippen LogP contribution in [-0.2, 0) is 18.0 Å². The van der Waals surface area contributed by atoms with E-state index < -0.39 is 17.8 Å². The van der Waals surface area contributed by atoms with Gasteiger partial charge in [0.15, 0.2) is 0 Å². The van der Waals surface area contributed by atoms with Gasteiger partial charge < -0.3 is 0 Å². The van der Waals surface area contributed by atoms with Crippen LogP contribution >= 0.6 is 6.04 Å². The number of benzene rings is 3. The summed E-state index contributed by atoms with van der Waals surface area (Å²) in [6.07, 6.45) is -4.45. The van der Waals surface area contributed by atoms with Crippen LogP contribution < -0.4 is 15.9 Å². The smallest absolute Gasteiger partial charge is 0.166 e. The summed E-state index contributed by atoms with van der Waals surface area (Å²) in [6, 6.07) is 17.9. The van der Waals surface area contributed by atoms with E-state index in [1.165, 1.54) is 6.07 Å². The lowest BCUT2D eigenvalue weighted by Gasteiger charge is -2.29. The zero-order chi connectivity index (χ0) is 18.9. The number of halogens is 3. The summed E-state index contributed by atoms with van der Waals surface area (Å²) in [4.78, 5) is 0. The van der Waals surface area contributed by atoms with Crippen molar-refractivity contribution in [2.24, 2.45) is 0 Å². The summed E-state index contributed by atoms with van der Waals surface area (Å²) in [6.45, 7) is 3.82. The summed E-state index contributed by atoms with van der Waals surface area (Å²) < 4.78 is 41.3. The molecule has 0 atom stereocenters. The highest BCUT2D eigenvalue weighted by molar-refractivity contribution is 8.25. The quantitative estimate of drug-likeness (QED) is 0.562.